The Morgan fingerprint density at radius 1 is 1.00 bits per heavy atom. The molecule has 0 bridgehead atoms. The first-order chi connectivity index (χ1) is 20.1. The summed E-state index contributed by atoms with van der Waals surface area (Å²) >= 11 is 12.2. The number of aromatic nitrogens is 6. The predicted molar refractivity (Wildman–Crippen MR) is 143 cm³/mol. The van der Waals surface area contributed by atoms with E-state index in [1.165, 1.54) is 36.4 Å². The third kappa shape index (κ3) is 8.14. The molecule has 4 aromatic rings. The van der Waals surface area contributed by atoms with Gasteiger partial charge in [0.05, 0.1) is 30.2 Å². The maximum atomic E-state index is 13.2. The van der Waals surface area contributed by atoms with Gasteiger partial charge < -0.3 is 10.4 Å². The summed E-state index contributed by atoms with van der Waals surface area (Å²) in [5.74, 6) is -1.19. The van der Waals surface area contributed by atoms with Crippen LogP contribution in [0.1, 0.15) is 18.7 Å². The number of carbonyl (C=O) groups excluding carboxylic acids is 1. The van der Waals surface area contributed by atoms with E-state index in [9.17, 15) is 41.0 Å². The fourth-order valence-electron chi connectivity index (χ4n) is 3.81. The van der Waals surface area contributed by atoms with Crippen LogP contribution in [0.15, 0.2) is 53.3 Å². The van der Waals surface area contributed by atoms with Crippen LogP contribution in [-0.4, -0.2) is 65.0 Å². The molecule has 0 aliphatic rings. The van der Waals surface area contributed by atoms with Gasteiger partial charge in [-0.15, -0.1) is 10.2 Å². The lowest BCUT2D eigenvalue weighted by atomic mass is 10.2. The minimum atomic E-state index is -5.02. The molecule has 0 unspecified atom stereocenters. The van der Waals surface area contributed by atoms with Gasteiger partial charge in [0.15, 0.2) is 23.5 Å². The van der Waals surface area contributed by atoms with Crippen molar-refractivity contribution in [1.29, 1.82) is 0 Å². The summed E-state index contributed by atoms with van der Waals surface area (Å²) in [5.41, 5.74) is -0.538. The fourth-order valence-corrected chi connectivity index (χ4v) is 4.15. The fraction of sp³-hybridized carbons (Fsp3) is 0.320. The van der Waals surface area contributed by atoms with Gasteiger partial charge >= 0.3 is 18.0 Å². The number of ketones is 1. The number of halogens is 8. The van der Waals surface area contributed by atoms with Crippen molar-refractivity contribution in [1.82, 2.24) is 29.1 Å². The number of aliphatic hydroxyl groups is 1. The number of para-hydroxylation sites is 1. The Hall–Kier alpha value is -3.89. The number of hydrogen-bond acceptors (Lipinski definition) is 7. The number of anilines is 1. The summed E-state index contributed by atoms with van der Waals surface area (Å²) in [6.45, 7) is -2.18. The minimum absolute atomic E-state index is 0.110. The Labute approximate surface area is 248 Å². The Morgan fingerprint density at radius 3 is 2.30 bits per heavy atom. The van der Waals surface area contributed by atoms with Crippen LogP contribution in [0.25, 0.3) is 17.1 Å². The molecule has 10 nitrogen and oxygen atoms in total. The van der Waals surface area contributed by atoms with E-state index in [0.717, 1.165) is 9.36 Å². The van der Waals surface area contributed by atoms with E-state index < -0.39 is 62.4 Å². The van der Waals surface area contributed by atoms with Crippen molar-refractivity contribution in [2.75, 3.05) is 11.9 Å². The van der Waals surface area contributed by atoms with Gasteiger partial charge in [-0.1, -0.05) is 35.3 Å². The molecule has 0 spiro atoms. The molecule has 0 aliphatic carbocycles. The van der Waals surface area contributed by atoms with Gasteiger partial charge in [-0.3, -0.25) is 9.36 Å². The van der Waals surface area contributed by atoms with Crippen molar-refractivity contribution in [3.63, 3.8) is 0 Å². The number of nitrogens with zero attached hydrogens (tertiary/aromatic N) is 6. The van der Waals surface area contributed by atoms with Crippen molar-refractivity contribution >= 4 is 34.9 Å². The Morgan fingerprint density at radius 2 is 1.67 bits per heavy atom. The van der Waals surface area contributed by atoms with Gasteiger partial charge in [0.2, 0.25) is 5.95 Å². The van der Waals surface area contributed by atoms with Gasteiger partial charge in [0.1, 0.15) is 6.54 Å². The molecular weight excluding hydrogens is 631 g/mol. The SMILES string of the molecule is O=C(CCC(F)(F)F)CNc1nc(Cn2nc(-c3ccc(Cl)cc3)n(C[C@H](O)C(F)(F)F)c2=O)nn1-c1ccccc1Cl. The maximum absolute atomic E-state index is 13.2. The summed E-state index contributed by atoms with van der Waals surface area (Å²) in [6, 6.07) is 12.0. The molecule has 0 fully saturated rings. The summed E-state index contributed by atoms with van der Waals surface area (Å²) in [5, 5.41) is 21.2. The lowest BCUT2D eigenvalue weighted by Crippen LogP contribution is -2.37. The van der Waals surface area contributed by atoms with Gasteiger partial charge in [-0.05, 0) is 36.4 Å². The molecule has 2 N–H and O–H groups in total. The predicted octanol–water partition coefficient (Wildman–Crippen LogP) is 4.89. The monoisotopic (exact) mass is 651 g/mol. The van der Waals surface area contributed by atoms with Crippen molar-refractivity contribution in [3.8, 4) is 17.1 Å². The lowest BCUT2D eigenvalue weighted by molar-refractivity contribution is -0.207. The minimum Gasteiger partial charge on any atom is -0.382 e. The van der Waals surface area contributed by atoms with Crippen molar-refractivity contribution < 1.29 is 36.2 Å². The molecule has 0 radical (unpaired) electrons. The largest absolute Gasteiger partial charge is 0.416 e. The number of aliphatic hydroxyl groups excluding tert-OH is 1. The highest BCUT2D eigenvalue weighted by atomic mass is 35.5. The topological polar surface area (TPSA) is 120 Å². The molecule has 18 heteroatoms. The smallest absolute Gasteiger partial charge is 0.382 e. The van der Waals surface area contributed by atoms with Crippen LogP contribution in [0.4, 0.5) is 32.3 Å². The van der Waals surface area contributed by atoms with Gasteiger partial charge in [0, 0.05) is 17.0 Å². The number of benzene rings is 2. The van der Waals surface area contributed by atoms with E-state index in [4.69, 9.17) is 23.2 Å². The second kappa shape index (κ2) is 12.8. The van der Waals surface area contributed by atoms with Crippen molar-refractivity contribution in [2.45, 2.75) is 44.4 Å². The summed E-state index contributed by atoms with van der Waals surface area (Å²) in [7, 11) is 0. The number of Topliss-reactive ketones (excluding diaryl/α,β-unsaturated/α-hetero) is 1. The number of rotatable bonds is 11. The average Bonchev–Trinajstić information content (AvgIpc) is 3.46. The van der Waals surface area contributed by atoms with Crippen molar-refractivity contribution in [3.05, 3.63) is 74.9 Å². The first kappa shape index (κ1) is 32.0. The molecule has 0 amide bonds. The highest BCUT2D eigenvalue weighted by molar-refractivity contribution is 6.32. The van der Waals surface area contributed by atoms with Gasteiger partial charge in [-0.2, -0.15) is 36.0 Å². The Kier molecular flexibility index (Phi) is 9.51. The molecule has 4 rings (SSSR count). The lowest BCUT2D eigenvalue weighted by Gasteiger charge is -2.15. The molecule has 2 aromatic heterocycles. The normalized spacial score (nSPS) is 12.9. The first-order valence-electron chi connectivity index (χ1n) is 12.3. The summed E-state index contributed by atoms with van der Waals surface area (Å²) in [4.78, 5) is 29.5. The van der Waals surface area contributed by atoms with Crippen LogP contribution in [0.5, 0.6) is 0 Å². The van der Waals surface area contributed by atoms with Gasteiger partial charge in [-0.25, -0.2) is 9.48 Å². The zero-order chi connectivity index (χ0) is 31.5. The van der Waals surface area contributed by atoms with Crippen molar-refractivity contribution in [2.24, 2.45) is 0 Å². The number of nitrogens with one attached hydrogen (secondary N) is 1. The molecule has 0 saturated heterocycles. The quantitative estimate of drug-likeness (QED) is 0.222. The third-order valence-electron chi connectivity index (χ3n) is 5.91. The number of alkyl halides is 6. The van der Waals surface area contributed by atoms with Crippen LogP contribution in [0.3, 0.4) is 0 Å². The van der Waals surface area contributed by atoms with E-state index in [2.05, 4.69) is 20.5 Å². The van der Waals surface area contributed by atoms with Crippen LogP contribution >= 0.6 is 23.2 Å². The summed E-state index contributed by atoms with van der Waals surface area (Å²) in [6.07, 6.45) is -14.5. The maximum Gasteiger partial charge on any atom is 0.416 e. The zero-order valence-electron chi connectivity index (χ0n) is 21.7. The Bertz CT molecular complexity index is 1650. The molecule has 2 heterocycles. The molecule has 43 heavy (non-hydrogen) atoms. The molecule has 0 aliphatic heterocycles. The number of carbonyl (C=O) groups is 1. The van der Waals surface area contributed by atoms with Crippen LogP contribution in [0, 0.1) is 0 Å². The van der Waals surface area contributed by atoms with Crippen LogP contribution in [-0.2, 0) is 17.9 Å². The van der Waals surface area contributed by atoms with E-state index >= 15 is 0 Å². The van der Waals surface area contributed by atoms with E-state index in [1.807, 2.05) is 0 Å². The third-order valence-corrected chi connectivity index (χ3v) is 6.48. The van der Waals surface area contributed by atoms with Crippen LogP contribution in [0.2, 0.25) is 10.0 Å². The molecule has 0 saturated carbocycles. The molecular formula is C25H21Cl2F6N7O3. The van der Waals surface area contributed by atoms with Gasteiger partial charge in [0.25, 0.3) is 0 Å². The van der Waals surface area contributed by atoms with E-state index in [0.29, 0.717) is 9.59 Å². The highest BCUT2D eigenvalue weighted by Gasteiger charge is 2.39. The zero-order valence-corrected chi connectivity index (χ0v) is 23.2. The molecule has 230 valence electrons. The molecule has 2 aromatic carbocycles. The second-order valence-corrected chi connectivity index (χ2v) is 10.0. The van der Waals surface area contributed by atoms with Crippen LogP contribution < -0.4 is 11.0 Å². The second-order valence-electron chi connectivity index (χ2n) is 9.16. The highest BCUT2D eigenvalue weighted by Crippen LogP contribution is 2.26. The first-order valence-corrected chi connectivity index (χ1v) is 13.1. The number of hydrogen-bond donors (Lipinski definition) is 2. The average molecular weight is 652 g/mol. The molecule has 1 atom stereocenters. The van der Waals surface area contributed by atoms with E-state index in [-0.39, 0.29) is 33.9 Å². The standard InChI is InChI=1S/C25H21Cl2F6N7O3/c26-15-7-5-14(6-8-15)21-37-39(23(43)38(21)12-19(42)25(31,32)33)13-20-35-22(34-11-16(41)9-10-24(28,29)30)40(36-20)18-4-2-1-3-17(18)27/h1-8,19,42H,9-13H2,(H,34,35,36)/t19-/m0/s1. The Balaban J connectivity index is 1.69. The summed E-state index contributed by atoms with van der Waals surface area (Å²) < 4.78 is 79.6. The van der Waals surface area contributed by atoms with E-state index in [1.54, 1.807) is 12.1 Å².